The lowest BCUT2D eigenvalue weighted by atomic mass is 10.0. The second-order valence-corrected chi connectivity index (χ2v) is 3.96. The molecule has 0 aromatic carbocycles. The van der Waals surface area contributed by atoms with Crippen LogP contribution in [0.1, 0.15) is 41.5 Å². The van der Waals surface area contributed by atoms with Crippen LogP contribution in [0.5, 0.6) is 0 Å². The minimum absolute atomic E-state index is 0.617. The smallest absolute Gasteiger partial charge is 0.0222 e. The SMILES string of the molecule is C/C=C(\C=C/C(C)=C(C)C)C(C)C. The third kappa shape index (κ3) is 4.72. The molecular formula is C13H22. The van der Waals surface area contributed by atoms with Crippen LogP contribution >= 0.6 is 0 Å². The summed E-state index contributed by atoms with van der Waals surface area (Å²) in [6.45, 7) is 13.0. The predicted molar refractivity (Wildman–Crippen MR) is 61.8 cm³/mol. The van der Waals surface area contributed by atoms with Crippen LogP contribution in [-0.2, 0) is 0 Å². The highest BCUT2D eigenvalue weighted by Crippen LogP contribution is 2.13. The van der Waals surface area contributed by atoms with Gasteiger partial charge in [0.25, 0.3) is 0 Å². The van der Waals surface area contributed by atoms with Crippen LogP contribution in [0.4, 0.5) is 0 Å². The first-order valence-electron chi connectivity index (χ1n) is 4.97. The first-order chi connectivity index (χ1) is 5.99. The van der Waals surface area contributed by atoms with Crippen LogP contribution in [-0.4, -0.2) is 0 Å². The van der Waals surface area contributed by atoms with Gasteiger partial charge in [0.2, 0.25) is 0 Å². The monoisotopic (exact) mass is 178 g/mol. The van der Waals surface area contributed by atoms with Crippen LogP contribution in [0.25, 0.3) is 0 Å². The van der Waals surface area contributed by atoms with Gasteiger partial charge in [-0.2, -0.15) is 0 Å². The van der Waals surface area contributed by atoms with E-state index in [9.17, 15) is 0 Å². The lowest BCUT2D eigenvalue weighted by Gasteiger charge is -2.05. The molecule has 0 radical (unpaired) electrons. The Morgan fingerprint density at radius 3 is 1.85 bits per heavy atom. The van der Waals surface area contributed by atoms with Gasteiger partial charge in [0.15, 0.2) is 0 Å². The topological polar surface area (TPSA) is 0 Å². The summed E-state index contributed by atoms with van der Waals surface area (Å²) in [5.74, 6) is 0.617. The number of hydrogen-bond donors (Lipinski definition) is 0. The van der Waals surface area contributed by atoms with Gasteiger partial charge in [0, 0.05) is 0 Å². The Bertz CT molecular complexity index is 233. The van der Waals surface area contributed by atoms with E-state index in [1.165, 1.54) is 16.7 Å². The van der Waals surface area contributed by atoms with Crippen LogP contribution < -0.4 is 0 Å². The molecule has 0 N–H and O–H groups in total. The molecule has 0 rings (SSSR count). The molecule has 0 aliphatic heterocycles. The quantitative estimate of drug-likeness (QED) is 0.558. The van der Waals surface area contributed by atoms with Crippen molar-refractivity contribution in [3.63, 3.8) is 0 Å². The highest BCUT2D eigenvalue weighted by molar-refractivity contribution is 5.29. The maximum Gasteiger partial charge on any atom is -0.0222 e. The molecule has 0 aliphatic rings. The van der Waals surface area contributed by atoms with Crippen molar-refractivity contribution in [3.8, 4) is 0 Å². The highest BCUT2D eigenvalue weighted by atomic mass is 14.0. The third-order valence-electron chi connectivity index (χ3n) is 2.31. The van der Waals surface area contributed by atoms with Gasteiger partial charge in [-0.1, -0.05) is 43.2 Å². The molecule has 0 aromatic rings. The Balaban J connectivity index is 4.52. The summed E-state index contributed by atoms with van der Waals surface area (Å²) in [5.41, 5.74) is 4.15. The molecule has 0 spiro atoms. The Hall–Kier alpha value is -0.780. The Kier molecular flexibility index (Phi) is 5.45. The molecule has 0 unspecified atom stereocenters. The molecule has 0 heterocycles. The largest absolute Gasteiger partial charge is 0.0842 e. The molecule has 0 nitrogen and oxygen atoms in total. The molecule has 13 heavy (non-hydrogen) atoms. The normalized spacial score (nSPS) is 12.7. The third-order valence-corrected chi connectivity index (χ3v) is 2.31. The lowest BCUT2D eigenvalue weighted by Crippen LogP contribution is -1.89. The Labute approximate surface area is 83.0 Å². The molecule has 0 bridgehead atoms. The lowest BCUT2D eigenvalue weighted by molar-refractivity contribution is 0.789. The van der Waals surface area contributed by atoms with E-state index in [0.717, 1.165) is 0 Å². The van der Waals surface area contributed by atoms with E-state index in [1.807, 2.05) is 0 Å². The molecule has 0 saturated carbocycles. The van der Waals surface area contributed by atoms with Gasteiger partial charge in [0.05, 0.1) is 0 Å². The van der Waals surface area contributed by atoms with Crippen molar-refractivity contribution >= 4 is 0 Å². The standard InChI is InChI=1S/C13H22/c1-7-13(11(4)5)9-8-12(6)10(2)3/h7-9,11H,1-6H3/b9-8-,13-7+. The first-order valence-corrected chi connectivity index (χ1v) is 4.97. The van der Waals surface area contributed by atoms with Crippen LogP contribution in [0, 0.1) is 5.92 Å². The van der Waals surface area contributed by atoms with Gasteiger partial charge in [-0.15, -0.1) is 0 Å². The summed E-state index contributed by atoms with van der Waals surface area (Å²) < 4.78 is 0. The van der Waals surface area contributed by atoms with Crippen molar-refractivity contribution in [2.24, 2.45) is 5.92 Å². The Morgan fingerprint density at radius 1 is 1.00 bits per heavy atom. The molecular weight excluding hydrogens is 156 g/mol. The summed E-state index contributed by atoms with van der Waals surface area (Å²) in [4.78, 5) is 0. The van der Waals surface area contributed by atoms with Crippen LogP contribution in [0.2, 0.25) is 0 Å². The van der Waals surface area contributed by atoms with Crippen molar-refractivity contribution in [2.45, 2.75) is 41.5 Å². The van der Waals surface area contributed by atoms with E-state index < -0.39 is 0 Å². The van der Waals surface area contributed by atoms with Crippen molar-refractivity contribution < 1.29 is 0 Å². The molecule has 0 aromatic heterocycles. The second kappa shape index (κ2) is 5.80. The van der Waals surface area contributed by atoms with Crippen molar-refractivity contribution in [1.82, 2.24) is 0 Å². The van der Waals surface area contributed by atoms with Gasteiger partial charge >= 0.3 is 0 Å². The van der Waals surface area contributed by atoms with E-state index in [4.69, 9.17) is 0 Å². The molecule has 0 aliphatic carbocycles. The van der Waals surface area contributed by atoms with Gasteiger partial charge < -0.3 is 0 Å². The van der Waals surface area contributed by atoms with E-state index in [2.05, 4.69) is 59.8 Å². The maximum absolute atomic E-state index is 2.22. The van der Waals surface area contributed by atoms with Crippen molar-refractivity contribution in [3.05, 3.63) is 34.9 Å². The fraction of sp³-hybridized carbons (Fsp3) is 0.538. The fourth-order valence-electron chi connectivity index (χ4n) is 1.01. The minimum Gasteiger partial charge on any atom is -0.0842 e. The van der Waals surface area contributed by atoms with E-state index >= 15 is 0 Å². The predicted octanol–water partition coefficient (Wildman–Crippen LogP) is 4.50. The average molecular weight is 178 g/mol. The fourth-order valence-corrected chi connectivity index (χ4v) is 1.01. The first kappa shape index (κ1) is 12.2. The zero-order chi connectivity index (χ0) is 10.4. The average Bonchev–Trinajstić information content (AvgIpc) is 2.04. The van der Waals surface area contributed by atoms with E-state index in [0.29, 0.717) is 5.92 Å². The molecule has 74 valence electrons. The summed E-state index contributed by atoms with van der Waals surface area (Å²) in [5, 5.41) is 0. The van der Waals surface area contributed by atoms with Gasteiger partial charge in [-0.3, -0.25) is 0 Å². The van der Waals surface area contributed by atoms with Crippen molar-refractivity contribution in [2.75, 3.05) is 0 Å². The zero-order valence-corrected chi connectivity index (χ0v) is 9.81. The van der Waals surface area contributed by atoms with Crippen LogP contribution in [0.15, 0.2) is 34.9 Å². The number of allylic oxidation sites excluding steroid dienone is 6. The van der Waals surface area contributed by atoms with Gasteiger partial charge in [0.1, 0.15) is 0 Å². The van der Waals surface area contributed by atoms with Gasteiger partial charge in [-0.05, 0) is 39.2 Å². The summed E-state index contributed by atoms with van der Waals surface area (Å²) in [7, 11) is 0. The second-order valence-electron chi connectivity index (χ2n) is 3.96. The zero-order valence-electron chi connectivity index (χ0n) is 9.81. The number of hydrogen-bond acceptors (Lipinski definition) is 0. The summed E-state index contributed by atoms with van der Waals surface area (Å²) in [6.07, 6.45) is 6.59. The van der Waals surface area contributed by atoms with E-state index in [-0.39, 0.29) is 0 Å². The van der Waals surface area contributed by atoms with Crippen LogP contribution in [0.3, 0.4) is 0 Å². The van der Waals surface area contributed by atoms with E-state index in [1.54, 1.807) is 0 Å². The van der Waals surface area contributed by atoms with Gasteiger partial charge in [-0.25, -0.2) is 0 Å². The Morgan fingerprint density at radius 2 is 1.54 bits per heavy atom. The summed E-state index contributed by atoms with van der Waals surface area (Å²) >= 11 is 0. The molecule has 0 amide bonds. The van der Waals surface area contributed by atoms with Crippen molar-refractivity contribution in [1.29, 1.82) is 0 Å². The molecule has 0 atom stereocenters. The molecule has 0 saturated heterocycles. The summed E-state index contributed by atoms with van der Waals surface area (Å²) in [6, 6.07) is 0. The minimum atomic E-state index is 0.617. The maximum atomic E-state index is 2.22. The molecule has 0 fully saturated rings. The molecule has 0 heteroatoms. The number of rotatable bonds is 3. The highest BCUT2D eigenvalue weighted by Gasteiger charge is 1.96.